The zero-order valence-corrected chi connectivity index (χ0v) is 22.1. The molecule has 36 heavy (non-hydrogen) atoms. The Morgan fingerprint density at radius 3 is 2.25 bits per heavy atom. The summed E-state index contributed by atoms with van der Waals surface area (Å²) in [6.45, 7) is 6.45. The molecule has 0 atom stereocenters. The summed E-state index contributed by atoms with van der Waals surface area (Å²) in [5.74, 6) is -0.854. The van der Waals surface area contributed by atoms with E-state index in [9.17, 15) is 18.0 Å². The lowest BCUT2D eigenvalue weighted by Gasteiger charge is -2.26. The van der Waals surface area contributed by atoms with Crippen LogP contribution in [-0.2, 0) is 21.4 Å². The number of carbonyl (C=O) groups excluding carboxylic acids is 2. The Bertz CT molecular complexity index is 1490. The minimum absolute atomic E-state index is 0.137. The van der Waals surface area contributed by atoms with Crippen LogP contribution in [0.3, 0.4) is 0 Å². The summed E-state index contributed by atoms with van der Waals surface area (Å²) in [7, 11) is -3.69. The lowest BCUT2D eigenvalue weighted by atomic mass is 9.78. The monoisotopic (exact) mass is 522 g/mol. The number of rotatable bonds is 5. The van der Waals surface area contributed by atoms with Crippen LogP contribution in [-0.4, -0.2) is 26.5 Å². The second-order valence-corrected chi connectivity index (χ2v) is 12.0. The van der Waals surface area contributed by atoms with Crippen LogP contribution in [0, 0.1) is 5.41 Å². The summed E-state index contributed by atoms with van der Waals surface area (Å²) in [5, 5.41) is 0.622. The predicted molar refractivity (Wildman–Crippen MR) is 144 cm³/mol. The number of benzene rings is 3. The molecule has 186 valence electrons. The molecule has 0 saturated carbocycles. The van der Waals surface area contributed by atoms with Crippen LogP contribution >= 0.6 is 11.6 Å². The van der Waals surface area contributed by atoms with Gasteiger partial charge in [0.2, 0.25) is 10.0 Å². The third-order valence-corrected chi connectivity index (χ3v) is 6.67. The highest BCUT2D eigenvalue weighted by Crippen LogP contribution is 2.47. The maximum absolute atomic E-state index is 14.0. The fourth-order valence-electron chi connectivity index (χ4n) is 4.47. The second-order valence-electron chi connectivity index (χ2n) is 9.82. The molecule has 0 aromatic heterocycles. The van der Waals surface area contributed by atoms with Gasteiger partial charge in [0.1, 0.15) is 0 Å². The standard InChI is InChI=1S/C28H27ClN2O4S/c1-28(2,3)25(19-12-14-21(29)15-13-19)24-22-10-5-6-11-23(22)31(27(24)33)17-18-8-7-9-20(16-18)26(32)30-36(4,34)35/h5-16H,17H2,1-4H3,(H,30,32)/b25-24+. The maximum atomic E-state index is 14.0. The summed E-state index contributed by atoms with van der Waals surface area (Å²) < 4.78 is 24.9. The number of nitrogens with one attached hydrogen (secondary N) is 1. The van der Waals surface area contributed by atoms with Gasteiger partial charge in [-0.3, -0.25) is 9.59 Å². The molecule has 0 bridgehead atoms. The zero-order valence-electron chi connectivity index (χ0n) is 20.5. The number of anilines is 1. The van der Waals surface area contributed by atoms with Crippen LogP contribution in [0.1, 0.15) is 47.8 Å². The molecule has 3 aromatic rings. The van der Waals surface area contributed by atoms with Gasteiger partial charge in [-0.05, 0) is 52.4 Å². The topological polar surface area (TPSA) is 83.6 Å². The molecule has 1 heterocycles. The van der Waals surface area contributed by atoms with Gasteiger partial charge in [-0.15, -0.1) is 0 Å². The van der Waals surface area contributed by atoms with E-state index in [0.29, 0.717) is 16.2 Å². The van der Waals surface area contributed by atoms with E-state index in [2.05, 4.69) is 20.8 Å². The molecular formula is C28H27ClN2O4S. The second kappa shape index (κ2) is 9.56. The Labute approximate surface area is 216 Å². The number of hydrogen-bond acceptors (Lipinski definition) is 4. The van der Waals surface area contributed by atoms with Crippen molar-refractivity contribution in [2.24, 2.45) is 5.41 Å². The van der Waals surface area contributed by atoms with E-state index < -0.39 is 15.9 Å². The summed E-state index contributed by atoms with van der Waals surface area (Å²) in [4.78, 5) is 28.0. The van der Waals surface area contributed by atoms with Crippen molar-refractivity contribution >= 4 is 50.3 Å². The average molecular weight is 523 g/mol. The summed E-state index contributed by atoms with van der Waals surface area (Å²) in [5.41, 5.74) is 4.64. The molecule has 0 spiro atoms. The smallest absolute Gasteiger partial charge is 0.264 e. The molecule has 0 radical (unpaired) electrons. The van der Waals surface area contributed by atoms with E-state index in [1.165, 1.54) is 6.07 Å². The molecule has 1 N–H and O–H groups in total. The highest BCUT2D eigenvalue weighted by atomic mass is 35.5. The molecular weight excluding hydrogens is 496 g/mol. The normalized spacial score (nSPS) is 15.0. The van der Waals surface area contributed by atoms with Crippen LogP contribution < -0.4 is 9.62 Å². The van der Waals surface area contributed by atoms with Gasteiger partial charge in [-0.2, -0.15) is 0 Å². The Morgan fingerprint density at radius 1 is 0.944 bits per heavy atom. The Balaban J connectivity index is 1.79. The van der Waals surface area contributed by atoms with Crippen LogP contribution in [0.15, 0.2) is 72.8 Å². The Kier molecular flexibility index (Phi) is 6.82. The first-order valence-corrected chi connectivity index (χ1v) is 13.6. The summed E-state index contributed by atoms with van der Waals surface area (Å²) >= 11 is 6.13. The number of nitrogens with zero attached hydrogens (tertiary/aromatic N) is 1. The van der Waals surface area contributed by atoms with E-state index in [0.717, 1.165) is 28.6 Å². The number of carbonyl (C=O) groups is 2. The zero-order chi connectivity index (χ0) is 26.3. The van der Waals surface area contributed by atoms with Crippen molar-refractivity contribution in [1.82, 2.24) is 4.72 Å². The molecule has 0 aliphatic carbocycles. The minimum atomic E-state index is -3.69. The number of allylic oxidation sites excluding steroid dienone is 1. The van der Waals surface area contributed by atoms with Gasteiger partial charge in [0, 0.05) is 16.1 Å². The van der Waals surface area contributed by atoms with Crippen molar-refractivity contribution < 1.29 is 18.0 Å². The average Bonchev–Trinajstić information content (AvgIpc) is 3.05. The number of amides is 2. The van der Waals surface area contributed by atoms with Crippen LogP contribution in [0.25, 0.3) is 11.1 Å². The predicted octanol–water partition coefficient (Wildman–Crippen LogP) is 5.53. The highest BCUT2D eigenvalue weighted by molar-refractivity contribution is 7.89. The summed E-state index contributed by atoms with van der Waals surface area (Å²) in [6.07, 6.45) is 0.927. The molecule has 3 aromatic carbocycles. The lowest BCUT2D eigenvalue weighted by molar-refractivity contribution is -0.113. The van der Waals surface area contributed by atoms with Gasteiger partial charge >= 0.3 is 0 Å². The van der Waals surface area contributed by atoms with Gasteiger partial charge in [0.05, 0.1) is 24.1 Å². The lowest BCUT2D eigenvalue weighted by Crippen LogP contribution is -2.30. The van der Waals surface area contributed by atoms with Crippen molar-refractivity contribution in [3.8, 4) is 0 Å². The molecule has 0 unspecified atom stereocenters. The van der Waals surface area contributed by atoms with Crippen LogP contribution in [0.2, 0.25) is 5.02 Å². The fraction of sp³-hybridized carbons (Fsp3) is 0.214. The first kappa shape index (κ1) is 25.7. The van der Waals surface area contributed by atoms with E-state index in [-0.39, 0.29) is 23.4 Å². The number of sulfonamides is 1. The maximum Gasteiger partial charge on any atom is 0.264 e. The first-order chi connectivity index (χ1) is 16.8. The van der Waals surface area contributed by atoms with Crippen LogP contribution in [0.4, 0.5) is 5.69 Å². The molecule has 4 rings (SSSR count). The third-order valence-electron chi connectivity index (χ3n) is 5.86. The van der Waals surface area contributed by atoms with E-state index in [1.807, 2.05) is 53.3 Å². The van der Waals surface area contributed by atoms with Gasteiger partial charge in [0.15, 0.2) is 0 Å². The SMILES string of the molecule is CC(C)(C)/C(=C1/C(=O)N(Cc2cccc(C(=O)NS(C)(=O)=O)c2)c2ccccc21)c1ccc(Cl)cc1. The van der Waals surface area contributed by atoms with Gasteiger partial charge in [0.25, 0.3) is 11.8 Å². The number of para-hydroxylation sites is 1. The highest BCUT2D eigenvalue weighted by Gasteiger charge is 2.37. The first-order valence-electron chi connectivity index (χ1n) is 11.4. The van der Waals surface area contributed by atoms with Gasteiger partial charge < -0.3 is 4.90 Å². The number of fused-ring (bicyclic) bond motifs is 1. The van der Waals surface area contributed by atoms with Crippen molar-refractivity contribution in [2.45, 2.75) is 27.3 Å². The minimum Gasteiger partial charge on any atom is -0.303 e. The third kappa shape index (κ3) is 5.37. The number of halogens is 1. The van der Waals surface area contributed by atoms with Crippen molar-refractivity contribution in [1.29, 1.82) is 0 Å². The Hall–Kier alpha value is -3.42. The molecule has 8 heteroatoms. The van der Waals surface area contributed by atoms with Crippen molar-refractivity contribution in [3.05, 3.63) is 100 Å². The van der Waals surface area contributed by atoms with E-state index >= 15 is 0 Å². The quantitative estimate of drug-likeness (QED) is 0.446. The molecule has 2 amide bonds. The van der Waals surface area contributed by atoms with Gasteiger partial charge in [-0.25, -0.2) is 13.1 Å². The molecule has 6 nitrogen and oxygen atoms in total. The van der Waals surface area contributed by atoms with Crippen molar-refractivity contribution in [3.63, 3.8) is 0 Å². The Morgan fingerprint density at radius 2 is 1.61 bits per heavy atom. The summed E-state index contributed by atoms with van der Waals surface area (Å²) in [6, 6.07) is 21.8. The molecule has 1 aliphatic rings. The molecule has 0 fully saturated rings. The molecule has 1 aliphatic heterocycles. The number of hydrogen-bond donors (Lipinski definition) is 1. The van der Waals surface area contributed by atoms with Crippen molar-refractivity contribution in [2.75, 3.05) is 11.2 Å². The fourth-order valence-corrected chi connectivity index (χ4v) is 5.05. The molecule has 0 saturated heterocycles. The van der Waals surface area contributed by atoms with E-state index in [1.54, 1.807) is 23.1 Å². The van der Waals surface area contributed by atoms with Crippen LogP contribution in [0.5, 0.6) is 0 Å². The van der Waals surface area contributed by atoms with Gasteiger partial charge in [-0.1, -0.05) is 74.8 Å². The largest absolute Gasteiger partial charge is 0.303 e. The van der Waals surface area contributed by atoms with E-state index in [4.69, 9.17) is 11.6 Å².